The molecule has 154 valence electrons. The Kier molecular flexibility index (Phi) is 7.45. The van der Waals surface area contributed by atoms with Crippen LogP contribution in [0.1, 0.15) is 46.0 Å². The molecule has 6 heteroatoms. The lowest BCUT2D eigenvalue weighted by Gasteiger charge is -2.36. The van der Waals surface area contributed by atoms with Crippen molar-refractivity contribution in [2.24, 2.45) is 0 Å². The summed E-state index contributed by atoms with van der Waals surface area (Å²) >= 11 is 0. The van der Waals surface area contributed by atoms with Crippen LogP contribution in [0.5, 0.6) is 5.75 Å². The summed E-state index contributed by atoms with van der Waals surface area (Å²) in [5.74, 6) is 0.580. The SMILES string of the molecule is CCCCCCOc1ccc(N2C(=O)CC(N3CCN(CC)CC3)C2=O)cc1. The van der Waals surface area contributed by atoms with E-state index in [2.05, 4.69) is 23.6 Å². The number of unbranched alkanes of at least 4 members (excludes halogenated alkanes) is 3. The number of ether oxygens (including phenoxy) is 1. The number of anilines is 1. The molecule has 1 atom stereocenters. The standard InChI is InChI=1S/C22H33N3O3/c1-3-5-6-7-16-28-19-10-8-18(9-11-19)25-21(26)17-20(22(25)27)24-14-12-23(4-2)13-15-24/h8-11,20H,3-7,12-17H2,1-2H3. The minimum atomic E-state index is -0.319. The van der Waals surface area contributed by atoms with E-state index in [4.69, 9.17) is 4.74 Å². The number of likely N-dealkylation sites (N-methyl/N-ethyl adjacent to an activating group) is 1. The molecule has 2 aliphatic heterocycles. The molecule has 0 aliphatic carbocycles. The smallest absolute Gasteiger partial charge is 0.251 e. The Balaban J connectivity index is 1.56. The second kappa shape index (κ2) is 10.0. The van der Waals surface area contributed by atoms with Crippen molar-refractivity contribution < 1.29 is 14.3 Å². The molecule has 1 aromatic carbocycles. The normalized spacial score (nSPS) is 21.5. The Morgan fingerprint density at radius 3 is 2.32 bits per heavy atom. The van der Waals surface area contributed by atoms with Crippen LogP contribution in [-0.2, 0) is 9.59 Å². The van der Waals surface area contributed by atoms with E-state index in [1.54, 1.807) is 0 Å². The summed E-state index contributed by atoms with van der Waals surface area (Å²) in [4.78, 5) is 31.4. The second-order valence-electron chi connectivity index (χ2n) is 7.66. The highest BCUT2D eigenvalue weighted by Gasteiger charge is 2.43. The molecule has 0 aromatic heterocycles. The third kappa shape index (κ3) is 4.92. The van der Waals surface area contributed by atoms with Crippen molar-refractivity contribution in [1.29, 1.82) is 0 Å². The average molecular weight is 388 g/mol. The number of hydrogen-bond acceptors (Lipinski definition) is 5. The fourth-order valence-electron chi connectivity index (χ4n) is 3.97. The topological polar surface area (TPSA) is 53.1 Å². The van der Waals surface area contributed by atoms with Crippen LogP contribution in [0.15, 0.2) is 24.3 Å². The highest BCUT2D eigenvalue weighted by Crippen LogP contribution is 2.28. The summed E-state index contributed by atoms with van der Waals surface area (Å²) in [5, 5.41) is 0. The van der Waals surface area contributed by atoms with E-state index in [0.717, 1.165) is 44.9 Å². The van der Waals surface area contributed by atoms with Gasteiger partial charge >= 0.3 is 0 Å². The van der Waals surface area contributed by atoms with Crippen LogP contribution in [0.3, 0.4) is 0 Å². The average Bonchev–Trinajstić information content (AvgIpc) is 3.02. The molecule has 0 radical (unpaired) electrons. The molecule has 1 aromatic rings. The third-order valence-electron chi connectivity index (χ3n) is 5.78. The van der Waals surface area contributed by atoms with Gasteiger partial charge in [-0.15, -0.1) is 0 Å². The van der Waals surface area contributed by atoms with Crippen LogP contribution in [-0.4, -0.2) is 67.0 Å². The predicted molar refractivity (Wildman–Crippen MR) is 111 cm³/mol. The van der Waals surface area contributed by atoms with E-state index in [1.165, 1.54) is 24.2 Å². The summed E-state index contributed by atoms with van der Waals surface area (Å²) in [6, 6.07) is 7.01. The fraction of sp³-hybridized carbons (Fsp3) is 0.636. The Bertz CT molecular complexity index is 653. The molecule has 6 nitrogen and oxygen atoms in total. The number of benzene rings is 1. The van der Waals surface area contributed by atoms with E-state index in [0.29, 0.717) is 12.3 Å². The van der Waals surface area contributed by atoms with E-state index >= 15 is 0 Å². The third-order valence-corrected chi connectivity index (χ3v) is 5.78. The number of nitrogens with zero attached hydrogens (tertiary/aromatic N) is 3. The Labute approximate surface area is 168 Å². The number of imide groups is 1. The summed E-state index contributed by atoms with van der Waals surface area (Å²) in [6.07, 6.45) is 4.95. The second-order valence-corrected chi connectivity index (χ2v) is 7.66. The van der Waals surface area contributed by atoms with Crippen molar-refractivity contribution in [2.75, 3.05) is 44.2 Å². The quantitative estimate of drug-likeness (QED) is 0.482. The van der Waals surface area contributed by atoms with Gasteiger partial charge in [0.1, 0.15) is 5.75 Å². The Hall–Kier alpha value is -1.92. The largest absolute Gasteiger partial charge is 0.494 e. The van der Waals surface area contributed by atoms with Gasteiger partial charge in [-0.05, 0) is 37.2 Å². The number of amides is 2. The summed E-state index contributed by atoms with van der Waals surface area (Å²) in [7, 11) is 0. The molecular weight excluding hydrogens is 354 g/mol. The lowest BCUT2D eigenvalue weighted by molar-refractivity contribution is -0.123. The lowest BCUT2D eigenvalue weighted by atomic mass is 10.1. The maximum atomic E-state index is 12.9. The van der Waals surface area contributed by atoms with Gasteiger partial charge in [0, 0.05) is 26.2 Å². The molecule has 0 bridgehead atoms. The van der Waals surface area contributed by atoms with Gasteiger partial charge in [-0.1, -0.05) is 33.1 Å². The molecule has 3 rings (SSSR count). The first-order valence-corrected chi connectivity index (χ1v) is 10.7. The van der Waals surface area contributed by atoms with Crippen molar-refractivity contribution in [3.8, 4) is 5.75 Å². The fourth-order valence-corrected chi connectivity index (χ4v) is 3.97. The van der Waals surface area contributed by atoms with Crippen molar-refractivity contribution in [1.82, 2.24) is 9.80 Å². The van der Waals surface area contributed by atoms with Crippen LogP contribution in [0.25, 0.3) is 0 Å². The van der Waals surface area contributed by atoms with Crippen LogP contribution in [0, 0.1) is 0 Å². The van der Waals surface area contributed by atoms with Crippen molar-refractivity contribution in [2.45, 2.75) is 52.0 Å². The summed E-state index contributed by atoms with van der Waals surface area (Å²) in [6.45, 7) is 9.68. The van der Waals surface area contributed by atoms with E-state index in [9.17, 15) is 9.59 Å². The molecule has 2 heterocycles. The Morgan fingerprint density at radius 2 is 1.68 bits per heavy atom. The number of hydrogen-bond donors (Lipinski definition) is 0. The molecule has 0 saturated carbocycles. The first-order valence-electron chi connectivity index (χ1n) is 10.7. The maximum Gasteiger partial charge on any atom is 0.251 e. The van der Waals surface area contributed by atoms with Gasteiger partial charge in [0.15, 0.2) is 0 Å². The molecule has 0 spiro atoms. The maximum absolute atomic E-state index is 12.9. The first kappa shape index (κ1) is 20.8. The monoisotopic (exact) mass is 387 g/mol. The van der Waals surface area contributed by atoms with Gasteiger partial charge in [0.05, 0.1) is 24.8 Å². The highest BCUT2D eigenvalue weighted by atomic mass is 16.5. The first-order chi connectivity index (χ1) is 13.6. The minimum absolute atomic E-state index is 0.0943. The van der Waals surface area contributed by atoms with E-state index in [-0.39, 0.29) is 24.3 Å². The molecular formula is C22H33N3O3. The summed E-state index contributed by atoms with van der Waals surface area (Å²) in [5.41, 5.74) is 0.642. The molecule has 0 N–H and O–H groups in total. The zero-order valence-electron chi connectivity index (χ0n) is 17.2. The molecule has 2 amide bonds. The van der Waals surface area contributed by atoms with Crippen molar-refractivity contribution in [3.05, 3.63) is 24.3 Å². The Morgan fingerprint density at radius 1 is 0.964 bits per heavy atom. The number of carbonyl (C=O) groups is 2. The molecule has 28 heavy (non-hydrogen) atoms. The highest BCUT2D eigenvalue weighted by molar-refractivity contribution is 6.22. The zero-order chi connectivity index (χ0) is 19.9. The van der Waals surface area contributed by atoms with E-state index in [1.807, 2.05) is 24.3 Å². The van der Waals surface area contributed by atoms with Crippen molar-refractivity contribution >= 4 is 17.5 Å². The van der Waals surface area contributed by atoms with Crippen LogP contribution in [0.4, 0.5) is 5.69 Å². The van der Waals surface area contributed by atoms with Gasteiger partial charge in [0.25, 0.3) is 5.91 Å². The molecule has 2 fully saturated rings. The zero-order valence-corrected chi connectivity index (χ0v) is 17.2. The van der Waals surface area contributed by atoms with Gasteiger partial charge in [-0.3, -0.25) is 14.5 Å². The van der Waals surface area contributed by atoms with Crippen LogP contribution in [0.2, 0.25) is 0 Å². The van der Waals surface area contributed by atoms with Crippen molar-refractivity contribution in [3.63, 3.8) is 0 Å². The number of carbonyl (C=O) groups excluding carboxylic acids is 2. The van der Waals surface area contributed by atoms with Crippen LogP contribution < -0.4 is 9.64 Å². The van der Waals surface area contributed by atoms with Gasteiger partial charge in [-0.2, -0.15) is 0 Å². The molecule has 2 saturated heterocycles. The number of piperazine rings is 1. The van der Waals surface area contributed by atoms with Gasteiger partial charge < -0.3 is 9.64 Å². The summed E-state index contributed by atoms with van der Waals surface area (Å²) < 4.78 is 5.76. The van der Waals surface area contributed by atoms with E-state index < -0.39 is 0 Å². The number of rotatable bonds is 9. The minimum Gasteiger partial charge on any atom is -0.494 e. The molecule has 2 aliphatic rings. The lowest BCUT2D eigenvalue weighted by Crippen LogP contribution is -2.52. The van der Waals surface area contributed by atoms with Gasteiger partial charge in [-0.25, -0.2) is 4.90 Å². The van der Waals surface area contributed by atoms with Crippen LogP contribution >= 0.6 is 0 Å². The predicted octanol–water partition coefficient (Wildman–Crippen LogP) is 2.92. The van der Waals surface area contributed by atoms with Gasteiger partial charge in [0.2, 0.25) is 5.91 Å². The molecule has 1 unspecified atom stereocenters.